The van der Waals surface area contributed by atoms with Crippen molar-refractivity contribution >= 4 is 5.91 Å². The molecule has 5 heteroatoms. The van der Waals surface area contributed by atoms with Crippen molar-refractivity contribution in [1.29, 1.82) is 0 Å². The Morgan fingerprint density at radius 3 is 2.69 bits per heavy atom. The van der Waals surface area contributed by atoms with E-state index in [1.165, 1.54) is 4.90 Å². The van der Waals surface area contributed by atoms with Crippen LogP contribution in [0, 0.1) is 11.8 Å². The van der Waals surface area contributed by atoms with Gasteiger partial charge in [0.15, 0.2) is 0 Å². The average Bonchev–Trinajstić information content (AvgIpc) is 2.53. The van der Waals surface area contributed by atoms with Gasteiger partial charge in [-0.1, -0.05) is 0 Å². The molecule has 0 N–H and O–H groups in total. The van der Waals surface area contributed by atoms with E-state index in [2.05, 4.69) is 0 Å². The number of fused-ring (bicyclic) bond motifs is 2. The van der Waals surface area contributed by atoms with E-state index in [1.807, 2.05) is 6.92 Å². The number of nitrogens with zero attached hydrogens (tertiary/aromatic N) is 1. The van der Waals surface area contributed by atoms with Crippen LogP contribution in [0.2, 0.25) is 0 Å². The van der Waals surface area contributed by atoms with Gasteiger partial charge in [-0.15, -0.1) is 0 Å². The zero-order valence-electron chi connectivity index (χ0n) is 9.26. The topological polar surface area (TPSA) is 20.3 Å². The zero-order chi connectivity index (χ0) is 11.9. The van der Waals surface area contributed by atoms with Gasteiger partial charge in [-0.25, -0.2) is 0 Å². The van der Waals surface area contributed by atoms with Crippen LogP contribution in [0.4, 0.5) is 13.2 Å². The van der Waals surface area contributed by atoms with Gasteiger partial charge in [-0.3, -0.25) is 4.79 Å². The Kier molecular flexibility index (Phi) is 2.88. The third kappa shape index (κ3) is 2.33. The lowest BCUT2D eigenvalue weighted by Crippen LogP contribution is -2.48. The summed E-state index contributed by atoms with van der Waals surface area (Å²) < 4.78 is 36.5. The Balaban J connectivity index is 2.01. The Bertz CT molecular complexity index is 289. The number of amides is 1. The molecule has 1 saturated carbocycles. The molecular formula is C11H16F3NO. The molecule has 1 heterocycles. The average molecular weight is 235 g/mol. The first kappa shape index (κ1) is 11.7. The van der Waals surface area contributed by atoms with E-state index >= 15 is 0 Å². The maximum Gasteiger partial charge on any atom is 0.397 e. The number of likely N-dealkylation sites (tertiary alicyclic amines) is 1. The summed E-state index contributed by atoms with van der Waals surface area (Å²) in [5, 5.41) is 0. The predicted octanol–water partition coefficient (Wildman–Crippen LogP) is 2.59. The molecule has 1 aliphatic heterocycles. The van der Waals surface area contributed by atoms with Gasteiger partial charge in [-0.2, -0.15) is 13.2 Å². The zero-order valence-corrected chi connectivity index (χ0v) is 9.26. The number of halogens is 3. The Morgan fingerprint density at radius 2 is 2.06 bits per heavy atom. The summed E-state index contributed by atoms with van der Waals surface area (Å²) >= 11 is 0. The van der Waals surface area contributed by atoms with E-state index in [0.717, 1.165) is 19.3 Å². The summed E-state index contributed by atoms with van der Waals surface area (Å²) in [5.41, 5.74) is 0. The molecule has 0 aromatic carbocycles. The van der Waals surface area contributed by atoms with Crippen molar-refractivity contribution in [2.45, 2.75) is 44.8 Å². The standard InChI is InChI=1S/C11H16F3NO/c1-7-9-3-2-8(4-9)6-15(7)10(16)5-11(12,13)14/h7-9H,2-6H2,1H3/t7?,8?,9-/m1/s1. The summed E-state index contributed by atoms with van der Waals surface area (Å²) in [4.78, 5) is 13.0. The molecule has 16 heavy (non-hydrogen) atoms. The second-order valence-corrected chi connectivity index (χ2v) is 5.02. The van der Waals surface area contributed by atoms with Gasteiger partial charge in [0.05, 0.1) is 0 Å². The second-order valence-electron chi connectivity index (χ2n) is 5.02. The normalized spacial score (nSPS) is 34.2. The molecule has 1 amide bonds. The second kappa shape index (κ2) is 3.93. The van der Waals surface area contributed by atoms with E-state index in [0.29, 0.717) is 18.4 Å². The highest BCUT2D eigenvalue weighted by molar-refractivity contribution is 5.77. The molecule has 3 atom stereocenters. The summed E-state index contributed by atoms with van der Waals surface area (Å²) in [6.07, 6.45) is -2.49. The minimum atomic E-state index is -4.38. The van der Waals surface area contributed by atoms with Crippen LogP contribution in [0.3, 0.4) is 0 Å². The molecular weight excluding hydrogens is 219 g/mol. The molecule has 2 bridgehead atoms. The van der Waals surface area contributed by atoms with Gasteiger partial charge in [-0.05, 0) is 38.0 Å². The third-order valence-electron chi connectivity index (χ3n) is 3.88. The van der Waals surface area contributed by atoms with E-state index in [1.54, 1.807) is 0 Å². The fourth-order valence-corrected chi connectivity index (χ4v) is 3.02. The van der Waals surface area contributed by atoms with Crippen molar-refractivity contribution in [3.8, 4) is 0 Å². The predicted molar refractivity (Wildman–Crippen MR) is 52.7 cm³/mol. The highest BCUT2D eigenvalue weighted by Gasteiger charge is 2.42. The van der Waals surface area contributed by atoms with Crippen molar-refractivity contribution < 1.29 is 18.0 Å². The van der Waals surface area contributed by atoms with Crippen molar-refractivity contribution in [2.75, 3.05) is 6.54 Å². The minimum Gasteiger partial charge on any atom is -0.339 e. The van der Waals surface area contributed by atoms with Gasteiger partial charge in [0.25, 0.3) is 0 Å². The number of hydrogen-bond donors (Lipinski definition) is 0. The number of carbonyl (C=O) groups is 1. The first-order chi connectivity index (χ1) is 7.37. The maximum absolute atomic E-state index is 12.2. The minimum absolute atomic E-state index is 0.0198. The monoisotopic (exact) mass is 235 g/mol. The SMILES string of the molecule is CC1[C@@H]2CCC(C2)CN1C(=O)CC(F)(F)F. The Morgan fingerprint density at radius 1 is 1.38 bits per heavy atom. The largest absolute Gasteiger partial charge is 0.397 e. The highest BCUT2D eigenvalue weighted by atomic mass is 19.4. The van der Waals surface area contributed by atoms with Crippen molar-refractivity contribution in [2.24, 2.45) is 11.8 Å². The number of carbonyl (C=O) groups excluding carboxylic acids is 1. The number of piperidine rings is 1. The lowest BCUT2D eigenvalue weighted by Gasteiger charge is -2.38. The van der Waals surface area contributed by atoms with Gasteiger partial charge >= 0.3 is 6.18 Å². The Labute approximate surface area is 92.8 Å². The van der Waals surface area contributed by atoms with Gasteiger partial charge < -0.3 is 4.90 Å². The van der Waals surface area contributed by atoms with Crippen LogP contribution in [-0.4, -0.2) is 29.6 Å². The summed E-state index contributed by atoms with van der Waals surface area (Å²) in [6, 6.07) is -0.0198. The van der Waals surface area contributed by atoms with Crippen LogP contribution in [0.15, 0.2) is 0 Å². The fraction of sp³-hybridized carbons (Fsp3) is 0.909. The maximum atomic E-state index is 12.2. The molecule has 2 rings (SSSR count). The van der Waals surface area contributed by atoms with Crippen LogP contribution in [-0.2, 0) is 4.79 Å². The lowest BCUT2D eigenvalue weighted by atomic mass is 9.91. The third-order valence-corrected chi connectivity index (χ3v) is 3.88. The van der Waals surface area contributed by atoms with Crippen molar-refractivity contribution in [1.82, 2.24) is 4.90 Å². The van der Waals surface area contributed by atoms with Gasteiger partial charge in [0, 0.05) is 12.6 Å². The Hall–Kier alpha value is -0.740. The smallest absolute Gasteiger partial charge is 0.339 e. The van der Waals surface area contributed by atoms with Gasteiger partial charge in [0.1, 0.15) is 6.42 Å². The van der Waals surface area contributed by atoms with E-state index in [9.17, 15) is 18.0 Å². The van der Waals surface area contributed by atoms with Crippen molar-refractivity contribution in [3.05, 3.63) is 0 Å². The highest BCUT2D eigenvalue weighted by Crippen LogP contribution is 2.40. The van der Waals surface area contributed by atoms with Crippen LogP contribution in [0.1, 0.15) is 32.6 Å². The van der Waals surface area contributed by atoms with E-state index in [-0.39, 0.29) is 6.04 Å². The number of rotatable bonds is 1. The summed E-state index contributed by atoms with van der Waals surface area (Å²) in [6.45, 7) is 2.40. The molecule has 1 aliphatic carbocycles. The molecule has 2 fully saturated rings. The number of hydrogen-bond acceptors (Lipinski definition) is 1. The first-order valence-electron chi connectivity index (χ1n) is 5.73. The molecule has 0 spiro atoms. The van der Waals surface area contributed by atoms with Crippen LogP contribution >= 0.6 is 0 Å². The molecule has 0 aromatic heterocycles. The van der Waals surface area contributed by atoms with Crippen LogP contribution < -0.4 is 0 Å². The molecule has 1 saturated heterocycles. The number of alkyl halides is 3. The summed E-state index contributed by atoms with van der Waals surface area (Å²) in [7, 11) is 0. The molecule has 0 aromatic rings. The molecule has 2 nitrogen and oxygen atoms in total. The quantitative estimate of drug-likeness (QED) is 0.684. The molecule has 2 unspecified atom stereocenters. The molecule has 0 radical (unpaired) electrons. The first-order valence-corrected chi connectivity index (χ1v) is 5.73. The molecule has 92 valence electrons. The van der Waals surface area contributed by atoms with Crippen molar-refractivity contribution in [3.63, 3.8) is 0 Å². The molecule has 2 aliphatic rings. The lowest BCUT2D eigenvalue weighted by molar-refractivity contribution is -0.164. The fourth-order valence-electron chi connectivity index (χ4n) is 3.02. The summed E-state index contributed by atoms with van der Waals surface area (Å²) in [5.74, 6) is 0.0888. The van der Waals surface area contributed by atoms with Crippen LogP contribution in [0.25, 0.3) is 0 Å². The van der Waals surface area contributed by atoms with Crippen LogP contribution in [0.5, 0.6) is 0 Å². The van der Waals surface area contributed by atoms with E-state index < -0.39 is 18.5 Å². The van der Waals surface area contributed by atoms with E-state index in [4.69, 9.17) is 0 Å². The van der Waals surface area contributed by atoms with Gasteiger partial charge in [0.2, 0.25) is 5.91 Å².